The molecule has 0 aliphatic carbocycles. The van der Waals surface area contributed by atoms with Gasteiger partial charge in [-0.3, -0.25) is 19.6 Å². The van der Waals surface area contributed by atoms with Crippen molar-refractivity contribution in [3.63, 3.8) is 0 Å². The standard InChI is InChI=1S/C31H37FN6O6/c1-21(39)35-16-26-19-38(31(41)44-26)25-6-7-29(27(32)14-25)37-18-24(28(33)20-37)15-34-8-11-43-30(40)23-4-2-22(3-5-23)17-36-9-12-42-13-10-36/h2-7,14-15,26H,8-13,16-20,33H2,1H3,(H,35,39)/t26-/m0/s1. The highest BCUT2D eigenvalue weighted by molar-refractivity contribution is 5.90. The van der Waals surface area contributed by atoms with Crippen LogP contribution in [0.3, 0.4) is 0 Å². The molecule has 1 atom stereocenters. The molecule has 0 aromatic heterocycles. The van der Waals surface area contributed by atoms with Gasteiger partial charge in [0.2, 0.25) is 5.91 Å². The van der Waals surface area contributed by atoms with Crippen molar-refractivity contribution in [3.05, 3.63) is 70.7 Å². The first-order chi connectivity index (χ1) is 21.3. The summed E-state index contributed by atoms with van der Waals surface area (Å²) in [5.74, 6) is -1.14. The maximum atomic E-state index is 15.2. The highest BCUT2D eigenvalue weighted by atomic mass is 19.1. The third-order valence-corrected chi connectivity index (χ3v) is 7.57. The van der Waals surface area contributed by atoms with Gasteiger partial charge in [0.25, 0.3) is 0 Å². The monoisotopic (exact) mass is 608 g/mol. The van der Waals surface area contributed by atoms with Crippen LogP contribution in [0.1, 0.15) is 22.8 Å². The van der Waals surface area contributed by atoms with Gasteiger partial charge in [0.15, 0.2) is 0 Å². The molecule has 0 unspecified atom stereocenters. The summed E-state index contributed by atoms with van der Waals surface area (Å²) in [6.45, 7) is 6.92. The average Bonchev–Trinajstić information content (AvgIpc) is 3.58. The van der Waals surface area contributed by atoms with Crippen LogP contribution in [0.4, 0.5) is 20.6 Å². The highest BCUT2D eigenvalue weighted by Gasteiger charge is 2.33. The second kappa shape index (κ2) is 14.3. The quantitative estimate of drug-likeness (QED) is 0.223. The zero-order valence-electron chi connectivity index (χ0n) is 24.7. The molecule has 0 spiro atoms. The van der Waals surface area contributed by atoms with Crippen molar-refractivity contribution in [2.75, 3.05) is 75.4 Å². The van der Waals surface area contributed by atoms with Gasteiger partial charge in [0.05, 0.1) is 56.3 Å². The van der Waals surface area contributed by atoms with Crippen LogP contribution in [-0.2, 0) is 25.5 Å². The average molecular weight is 609 g/mol. The minimum Gasteiger partial charge on any atom is -0.460 e. The van der Waals surface area contributed by atoms with Gasteiger partial charge in [-0.15, -0.1) is 0 Å². The summed E-state index contributed by atoms with van der Waals surface area (Å²) < 4.78 is 31.2. The molecule has 0 radical (unpaired) electrons. The van der Waals surface area contributed by atoms with Crippen LogP contribution in [0.5, 0.6) is 0 Å². The Bertz CT molecular complexity index is 1430. The predicted octanol–water partition coefficient (Wildman–Crippen LogP) is 2.08. The van der Waals surface area contributed by atoms with Gasteiger partial charge in [-0.1, -0.05) is 12.1 Å². The van der Waals surface area contributed by atoms with Crippen molar-refractivity contribution in [2.24, 2.45) is 10.7 Å². The minimum absolute atomic E-state index is 0.114. The summed E-state index contributed by atoms with van der Waals surface area (Å²) in [7, 11) is 0. The van der Waals surface area contributed by atoms with Gasteiger partial charge in [-0.2, -0.15) is 0 Å². The van der Waals surface area contributed by atoms with Crippen molar-refractivity contribution >= 4 is 35.6 Å². The molecule has 12 nitrogen and oxygen atoms in total. The molecule has 2 aromatic rings. The number of nitrogens with one attached hydrogen (secondary N) is 1. The van der Waals surface area contributed by atoms with Crippen LogP contribution >= 0.6 is 0 Å². The number of rotatable bonds is 11. The first-order valence-electron chi connectivity index (χ1n) is 14.6. The van der Waals surface area contributed by atoms with E-state index in [0.717, 1.165) is 44.0 Å². The van der Waals surface area contributed by atoms with Crippen molar-refractivity contribution in [2.45, 2.75) is 19.6 Å². The van der Waals surface area contributed by atoms with Crippen LogP contribution in [0.2, 0.25) is 0 Å². The Hall–Kier alpha value is -4.49. The van der Waals surface area contributed by atoms with Crippen molar-refractivity contribution in [1.29, 1.82) is 0 Å². The van der Waals surface area contributed by atoms with E-state index >= 15 is 4.39 Å². The summed E-state index contributed by atoms with van der Waals surface area (Å²) in [5.41, 5.74) is 9.84. The first kappa shape index (κ1) is 31.0. The van der Waals surface area contributed by atoms with Gasteiger partial charge in [-0.05, 0) is 35.9 Å². The Morgan fingerprint density at radius 1 is 1.16 bits per heavy atom. The van der Waals surface area contributed by atoms with E-state index in [1.165, 1.54) is 17.9 Å². The first-order valence-corrected chi connectivity index (χ1v) is 14.6. The molecule has 3 N–H and O–H groups in total. The Labute approximate surface area is 255 Å². The highest BCUT2D eigenvalue weighted by Crippen LogP contribution is 2.30. The lowest BCUT2D eigenvalue weighted by atomic mass is 10.1. The minimum atomic E-state index is -0.596. The molecule has 2 aromatic carbocycles. The number of carbonyl (C=O) groups excluding carboxylic acids is 3. The van der Waals surface area contributed by atoms with Crippen LogP contribution in [0.25, 0.3) is 0 Å². The third-order valence-electron chi connectivity index (χ3n) is 7.57. The van der Waals surface area contributed by atoms with E-state index in [-0.39, 0.29) is 32.1 Å². The van der Waals surface area contributed by atoms with Crippen molar-refractivity contribution in [1.82, 2.24) is 10.2 Å². The van der Waals surface area contributed by atoms with E-state index in [0.29, 0.717) is 35.7 Å². The van der Waals surface area contributed by atoms with E-state index < -0.39 is 24.0 Å². The SMILES string of the molecule is CC(=O)NC[C@H]1CN(c2ccc(N3CC(N)=C(C=NCCOC(=O)c4ccc(CN5CCOCC5)cc4)C3)c(F)c2)C(=O)O1. The molecule has 3 heterocycles. The van der Waals surface area contributed by atoms with Crippen molar-refractivity contribution in [3.8, 4) is 0 Å². The molecule has 2 amide bonds. The summed E-state index contributed by atoms with van der Waals surface area (Å²) in [6, 6.07) is 11.9. The van der Waals surface area contributed by atoms with Gasteiger partial charge in [-0.25, -0.2) is 14.0 Å². The number of hydrogen-bond acceptors (Lipinski definition) is 10. The second-order valence-corrected chi connectivity index (χ2v) is 10.9. The van der Waals surface area contributed by atoms with Crippen LogP contribution in [0, 0.1) is 5.82 Å². The lowest BCUT2D eigenvalue weighted by Crippen LogP contribution is -2.35. The molecule has 2 saturated heterocycles. The van der Waals surface area contributed by atoms with Gasteiger partial charge >= 0.3 is 12.1 Å². The Morgan fingerprint density at radius 3 is 2.66 bits per heavy atom. The molecule has 5 rings (SSSR count). The second-order valence-electron chi connectivity index (χ2n) is 10.9. The lowest BCUT2D eigenvalue weighted by Gasteiger charge is -2.26. The zero-order chi connectivity index (χ0) is 31.1. The molecule has 3 aliphatic rings. The van der Waals surface area contributed by atoms with E-state index in [1.54, 1.807) is 35.4 Å². The third kappa shape index (κ3) is 7.91. The van der Waals surface area contributed by atoms with Crippen LogP contribution in [-0.4, -0.2) is 101 Å². The fourth-order valence-corrected chi connectivity index (χ4v) is 5.19. The maximum absolute atomic E-state index is 15.2. The number of hydrogen-bond donors (Lipinski definition) is 2. The Morgan fingerprint density at radius 2 is 1.93 bits per heavy atom. The maximum Gasteiger partial charge on any atom is 0.414 e. The number of ether oxygens (including phenoxy) is 3. The summed E-state index contributed by atoms with van der Waals surface area (Å²) >= 11 is 0. The molecular weight excluding hydrogens is 571 g/mol. The summed E-state index contributed by atoms with van der Waals surface area (Å²) in [5, 5.41) is 2.61. The van der Waals surface area contributed by atoms with E-state index in [1.807, 2.05) is 12.1 Å². The van der Waals surface area contributed by atoms with E-state index in [4.69, 9.17) is 19.9 Å². The predicted molar refractivity (Wildman–Crippen MR) is 162 cm³/mol. The molecule has 3 aliphatic heterocycles. The number of morpholine rings is 1. The molecule has 44 heavy (non-hydrogen) atoms. The van der Waals surface area contributed by atoms with E-state index in [2.05, 4.69) is 15.2 Å². The zero-order valence-corrected chi connectivity index (χ0v) is 24.7. The van der Waals surface area contributed by atoms with Crippen LogP contribution < -0.4 is 20.9 Å². The normalized spacial score (nSPS) is 19.1. The fraction of sp³-hybridized carbons (Fsp3) is 0.419. The largest absolute Gasteiger partial charge is 0.460 e. The number of aliphatic imine (C=N–C) groups is 1. The summed E-state index contributed by atoms with van der Waals surface area (Å²) in [6.07, 6.45) is 0.520. The van der Waals surface area contributed by atoms with Crippen LogP contribution in [0.15, 0.2) is 58.7 Å². The number of esters is 1. The number of cyclic esters (lactones) is 1. The number of amides is 2. The molecule has 2 fully saturated rings. The molecule has 0 bridgehead atoms. The smallest absolute Gasteiger partial charge is 0.414 e. The fourth-order valence-electron chi connectivity index (χ4n) is 5.19. The topological polar surface area (TPSA) is 139 Å². The molecular formula is C31H37FN6O6. The Balaban J connectivity index is 1.06. The van der Waals surface area contributed by atoms with Gasteiger partial charge in [0, 0.05) is 50.6 Å². The number of nitrogens with two attached hydrogens (primary N) is 1. The lowest BCUT2D eigenvalue weighted by molar-refractivity contribution is -0.119. The number of carbonyl (C=O) groups is 3. The number of nitrogens with zero attached hydrogens (tertiary/aromatic N) is 4. The molecule has 234 valence electrons. The van der Waals surface area contributed by atoms with Gasteiger partial charge in [0.1, 0.15) is 18.5 Å². The molecule has 0 saturated carbocycles. The number of benzene rings is 2. The van der Waals surface area contributed by atoms with Gasteiger partial charge < -0.3 is 30.2 Å². The summed E-state index contributed by atoms with van der Waals surface area (Å²) in [4.78, 5) is 45.6. The number of anilines is 2. The van der Waals surface area contributed by atoms with E-state index in [9.17, 15) is 14.4 Å². The molecule has 13 heteroatoms. The Kier molecular flexibility index (Phi) is 10.1. The van der Waals surface area contributed by atoms with Crippen molar-refractivity contribution < 1.29 is 33.0 Å². The number of halogens is 1.